The van der Waals surface area contributed by atoms with E-state index in [2.05, 4.69) is 43.5 Å². The van der Waals surface area contributed by atoms with Crippen molar-refractivity contribution in [2.75, 3.05) is 19.6 Å². The van der Waals surface area contributed by atoms with E-state index in [-0.39, 0.29) is 44.6 Å². The first-order valence-corrected chi connectivity index (χ1v) is 28.0. The highest BCUT2D eigenvalue weighted by Crippen LogP contribution is 2.25. The number of aromatic nitrogens is 2. The summed E-state index contributed by atoms with van der Waals surface area (Å²) < 4.78 is 0. The summed E-state index contributed by atoms with van der Waals surface area (Å²) in [6.45, 7) is 3.16. The van der Waals surface area contributed by atoms with Gasteiger partial charge in [-0.25, -0.2) is 0 Å². The maximum atomic E-state index is 15.0. The summed E-state index contributed by atoms with van der Waals surface area (Å²) in [5.41, 5.74) is 21.6. The molecule has 5 aromatic rings. The molecular weight excluding hydrogens is 975 g/mol. The molecular formula is C59H83N11O7. The lowest BCUT2D eigenvalue weighted by molar-refractivity contribution is -0.142. The first-order chi connectivity index (χ1) is 37.4. The number of nitrogens with two attached hydrogens (primary N) is 3. The van der Waals surface area contributed by atoms with Crippen LogP contribution in [0.15, 0.2) is 91.3 Å². The van der Waals surface area contributed by atoms with Crippen LogP contribution < -0.4 is 43.8 Å². The number of carbonyl (C=O) groups is 7. The van der Waals surface area contributed by atoms with Crippen LogP contribution in [0.25, 0.3) is 21.8 Å². The van der Waals surface area contributed by atoms with Crippen molar-refractivity contribution in [2.45, 2.75) is 172 Å². The van der Waals surface area contributed by atoms with E-state index in [0.29, 0.717) is 64.5 Å². The molecule has 6 rings (SSSR count). The second-order valence-electron chi connectivity index (χ2n) is 20.6. The zero-order valence-corrected chi connectivity index (χ0v) is 44.9. The molecule has 2 aromatic heterocycles. The standard InChI is InChI=1S/C59H83N11O7/c1-2-3-4-5-6-7-8-12-31-53(71)65-47(28-17-19-32-60)55(73)68-50(35-40-22-10-9-11-23-40)57(75)66-48(29-18-20-33-61)56(74)69-51(37-42-39-64-46-27-16-14-25-44(42)46)59(77)70-34-21-30-52(70)58(76)67-49(54(62)72)36-41-38-63-45-26-15-13-24-43(41)45/h9-11,13-16,22-27,38-39,47-52,63-64H,2-8,12,17-21,28-37,60-61H2,1H3,(H2,62,72)(H,65,71)(H,66,75)(H,67,76)(H,68,73)(H,69,74)/t47-,48-,49-,50-,51-,52-/m0/s1. The number of primary amides is 1. The van der Waals surface area contributed by atoms with Crippen LogP contribution in [0.2, 0.25) is 0 Å². The number of likely N-dealkylation sites (tertiary alicyclic amines) is 1. The van der Waals surface area contributed by atoms with Gasteiger partial charge in [0.15, 0.2) is 0 Å². The molecule has 18 nitrogen and oxygen atoms in total. The third-order valence-electron chi connectivity index (χ3n) is 14.7. The van der Waals surface area contributed by atoms with Gasteiger partial charge in [0.1, 0.15) is 36.3 Å². The minimum atomic E-state index is -1.20. The molecule has 7 amide bonds. The summed E-state index contributed by atoms with van der Waals surface area (Å²) in [5.74, 6) is -3.82. The second kappa shape index (κ2) is 31.2. The average molecular weight is 1060 g/mol. The topological polar surface area (TPSA) is 293 Å². The third-order valence-corrected chi connectivity index (χ3v) is 14.7. The molecule has 3 aromatic carbocycles. The number of aromatic amines is 2. The SMILES string of the molecule is CCCCCCCCCCC(=O)N[C@@H](CCCCN)C(=O)N[C@@H](Cc1ccccc1)C(=O)N[C@@H](CCCCN)C(=O)N[C@@H](Cc1c[nH]c2ccccc12)C(=O)N1CCC[C@H]1C(=O)N[C@@H](Cc1c[nH]c2ccccc12)C(N)=O. The monoisotopic (exact) mass is 1060 g/mol. The Morgan fingerprint density at radius 1 is 0.558 bits per heavy atom. The van der Waals surface area contributed by atoms with Gasteiger partial charge in [-0.15, -0.1) is 0 Å². The maximum absolute atomic E-state index is 15.0. The van der Waals surface area contributed by atoms with Gasteiger partial charge in [-0.1, -0.05) is 119 Å². The zero-order valence-electron chi connectivity index (χ0n) is 44.9. The number of carbonyl (C=O) groups excluding carboxylic acids is 7. The molecule has 13 N–H and O–H groups in total. The Morgan fingerprint density at radius 2 is 1.06 bits per heavy atom. The predicted molar refractivity (Wildman–Crippen MR) is 301 cm³/mol. The molecule has 0 saturated carbocycles. The van der Waals surface area contributed by atoms with E-state index in [4.69, 9.17) is 17.2 Å². The fraction of sp³-hybridized carbons (Fsp3) is 0.508. The van der Waals surface area contributed by atoms with E-state index in [1.165, 1.54) is 30.6 Å². The van der Waals surface area contributed by atoms with E-state index >= 15 is 4.79 Å². The van der Waals surface area contributed by atoms with E-state index in [1.807, 2.05) is 78.9 Å². The van der Waals surface area contributed by atoms with Crippen LogP contribution in [0.3, 0.4) is 0 Å². The third kappa shape index (κ3) is 18.0. The second-order valence-corrected chi connectivity index (χ2v) is 20.6. The quantitative estimate of drug-likeness (QED) is 0.0237. The Kier molecular flexibility index (Phi) is 24.0. The van der Waals surface area contributed by atoms with Crippen LogP contribution >= 0.6 is 0 Å². The Labute approximate surface area is 452 Å². The van der Waals surface area contributed by atoms with Crippen molar-refractivity contribution in [3.63, 3.8) is 0 Å². The fourth-order valence-corrected chi connectivity index (χ4v) is 10.3. The number of rotatable bonds is 34. The lowest BCUT2D eigenvalue weighted by Gasteiger charge is -2.31. The minimum Gasteiger partial charge on any atom is -0.368 e. The molecule has 3 heterocycles. The lowest BCUT2D eigenvalue weighted by Crippen LogP contribution is -2.60. The lowest BCUT2D eigenvalue weighted by atomic mass is 10.0. The number of unbranched alkanes of at least 4 members (excludes halogenated alkanes) is 9. The Balaban J connectivity index is 1.20. The van der Waals surface area contributed by atoms with Crippen molar-refractivity contribution in [1.29, 1.82) is 0 Å². The van der Waals surface area contributed by atoms with E-state index in [9.17, 15) is 28.8 Å². The summed E-state index contributed by atoms with van der Waals surface area (Å²) in [5, 5.41) is 16.3. The van der Waals surface area contributed by atoms with Gasteiger partial charge in [-0.2, -0.15) is 0 Å². The number of para-hydroxylation sites is 2. The van der Waals surface area contributed by atoms with Crippen LogP contribution in [0.5, 0.6) is 0 Å². The highest BCUT2D eigenvalue weighted by atomic mass is 16.2. The number of hydrogen-bond acceptors (Lipinski definition) is 9. The molecule has 0 bridgehead atoms. The average Bonchev–Trinajstić information content (AvgIpc) is 4.20. The highest BCUT2D eigenvalue weighted by molar-refractivity contribution is 5.98. The van der Waals surface area contributed by atoms with E-state index in [0.717, 1.165) is 57.8 Å². The molecule has 0 spiro atoms. The van der Waals surface area contributed by atoms with Crippen LogP contribution in [0, 0.1) is 0 Å². The van der Waals surface area contributed by atoms with Gasteiger partial charge in [0.2, 0.25) is 41.4 Å². The van der Waals surface area contributed by atoms with Gasteiger partial charge in [0, 0.05) is 66.4 Å². The normalized spacial score (nSPS) is 15.3. The molecule has 18 heteroatoms. The smallest absolute Gasteiger partial charge is 0.246 e. The van der Waals surface area contributed by atoms with Crippen LogP contribution in [-0.2, 0) is 52.8 Å². The summed E-state index contributed by atoms with van der Waals surface area (Å²) in [6.07, 6.45) is 16.2. The van der Waals surface area contributed by atoms with Crippen LogP contribution in [0.4, 0.5) is 0 Å². The van der Waals surface area contributed by atoms with Gasteiger partial charge in [-0.05, 0) is 99.7 Å². The molecule has 0 radical (unpaired) electrons. The number of H-pyrrole nitrogens is 2. The van der Waals surface area contributed by atoms with E-state index in [1.54, 1.807) is 12.4 Å². The Hall–Kier alpha value is -7.05. The summed E-state index contributed by atoms with van der Waals surface area (Å²) in [6, 6.07) is 17.9. The number of benzene rings is 3. The van der Waals surface area contributed by atoms with Crippen molar-refractivity contribution >= 4 is 63.2 Å². The fourth-order valence-electron chi connectivity index (χ4n) is 10.3. The van der Waals surface area contributed by atoms with Gasteiger partial charge in [-0.3, -0.25) is 33.6 Å². The van der Waals surface area contributed by atoms with Gasteiger partial charge in [0.25, 0.3) is 0 Å². The molecule has 1 fully saturated rings. The van der Waals surface area contributed by atoms with Crippen molar-refractivity contribution in [2.24, 2.45) is 17.2 Å². The molecule has 6 atom stereocenters. The predicted octanol–water partition coefficient (Wildman–Crippen LogP) is 5.37. The van der Waals surface area contributed by atoms with Crippen molar-refractivity contribution in [1.82, 2.24) is 41.5 Å². The molecule has 416 valence electrons. The Bertz CT molecular complexity index is 2690. The van der Waals surface area contributed by atoms with E-state index < -0.39 is 71.7 Å². The van der Waals surface area contributed by atoms with Crippen molar-refractivity contribution < 1.29 is 33.6 Å². The van der Waals surface area contributed by atoms with Gasteiger partial charge < -0.3 is 58.7 Å². The number of nitrogens with zero attached hydrogens (tertiary/aromatic N) is 1. The van der Waals surface area contributed by atoms with Crippen molar-refractivity contribution in [3.05, 3.63) is 108 Å². The summed E-state index contributed by atoms with van der Waals surface area (Å²) >= 11 is 0. The molecule has 0 aliphatic carbocycles. The van der Waals surface area contributed by atoms with Crippen molar-refractivity contribution in [3.8, 4) is 0 Å². The number of nitrogens with one attached hydrogen (secondary N) is 7. The number of hydrogen-bond donors (Lipinski definition) is 10. The van der Waals surface area contributed by atoms with Gasteiger partial charge >= 0.3 is 0 Å². The number of fused-ring (bicyclic) bond motifs is 2. The van der Waals surface area contributed by atoms with Crippen LogP contribution in [-0.4, -0.2) is 112 Å². The molecule has 1 aliphatic heterocycles. The Morgan fingerprint density at radius 3 is 1.65 bits per heavy atom. The first-order valence-electron chi connectivity index (χ1n) is 28.0. The minimum absolute atomic E-state index is 0.0381. The largest absolute Gasteiger partial charge is 0.368 e. The zero-order chi connectivity index (χ0) is 54.9. The highest BCUT2D eigenvalue weighted by Gasteiger charge is 2.40. The molecule has 1 aliphatic rings. The molecule has 77 heavy (non-hydrogen) atoms. The summed E-state index contributed by atoms with van der Waals surface area (Å²) in [4.78, 5) is 107. The molecule has 0 unspecified atom stereocenters. The van der Waals surface area contributed by atoms with Crippen LogP contribution in [0.1, 0.15) is 133 Å². The maximum Gasteiger partial charge on any atom is 0.246 e. The van der Waals surface area contributed by atoms with Gasteiger partial charge in [0.05, 0.1) is 0 Å². The number of amides is 7. The summed E-state index contributed by atoms with van der Waals surface area (Å²) in [7, 11) is 0. The first kappa shape index (κ1) is 59.2. The molecule has 1 saturated heterocycles.